The molecule has 0 fully saturated rings. The second-order valence-electron chi connectivity index (χ2n) is 4.28. The van der Waals surface area contributed by atoms with Crippen molar-refractivity contribution in [1.29, 1.82) is 0 Å². The van der Waals surface area contributed by atoms with Gasteiger partial charge in [0, 0.05) is 10.9 Å². The molecule has 3 aromatic rings. The van der Waals surface area contributed by atoms with Gasteiger partial charge >= 0.3 is 6.18 Å². The van der Waals surface area contributed by atoms with Gasteiger partial charge in [0.05, 0.1) is 11.3 Å². The highest BCUT2D eigenvalue weighted by Crippen LogP contribution is 2.41. The Morgan fingerprint density at radius 2 is 1.42 bits per heavy atom. The summed E-state index contributed by atoms with van der Waals surface area (Å²) in [7, 11) is 0. The fourth-order valence-corrected chi connectivity index (χ4v) is 2.26. The average Bonchev–Trinajstić information content (AvgIpc) is 2.79. The summed E-state index contributed by atoms with van der Waals surface area (Å²) in [5.41, 5.74) is 0.545. The lowest BCUT2D eigenvalue weighted by atomic mass is 10.1. The summed E-state index contributed by atoms with van der Waals surface area (Å²) in [6.07, 6.45) is -4.38. The van der Waals surface area contributed by atoms with E-state index in [1.807, 2.05) is 0 Å². The SMILES string of the molecule is FC(F)(F)c1c(-c2ccccc2)[nH]c2ccccc12. The molecular formula is C15H10F3N. The molecule has 1 heterocycles. The quantitative estimate of drug-likeness (QED) is 0.644. The van der Waals surface area contributed by atoms with E-state index in [1.54, 1.807) is 48.5 Å². The Labute approximate surface area is 107 Å². The minimum absolute atomic E-state index is 0.120. The number of alkyl halides is 3. The number of hydrogen-bond donors (Lipinski definition) is 1. The van der Waals surface area contributed by atoms with E-state index in [-0.39, 0.29) is 11.1 Å². The van der Waals surface area contributed by atoms with Crippen LogP contribution in [0.5, 0.6) is 0 Å². The zero-order chi connectivity index (χ0) is 13.5. The molecule has 0 saturated heterocycles. The van der Waals surface area contributed by atoms with Gasteiger partial charge in [0.2, 0.25) is 0 Å². The van der Waals surface area contributed by atoms with Crippen LogP contribution >= 0.6 is 0 Å². The first-order chi connectivity index (χ1) is 9.07. The number of nitrogens with one attached hydrogen (secondary N) is 1. The van der Waals surface area contributed by atoms with Crippen molar-refractivity contribution in [3.8, 4) is 11.3 Å². The molecule has 3 rings (SSSR count). The molecule has 0 aliphatic heterocycles. The van der Waals surface area contributed by atoms with E-state index in [0.717, 1.165) is 0 Å². The highest BCUT2D eigenvalue weighted by atomic mass is 19.4. The van der Waals surface area contributed by atoms with Crippen molar-refractivity contribution < 1.29 is 13.2 Å². The van der Waals surface area contributed by atoms with Gasteiger partial charge in [-0.3, -0.25) is 0 Å². The van der Waals surface area contributed by atoms with Gasteiger partial charge in [0.15, 0.2) is 0 Å². The molecular weight excluding hydrogens is 251 g/mol. The van der Waals surface area contributed by atoms with E-state index in [4.69, 9.17) is 0 Å². The van der Waals surface area contributed by atoms with Gasteiger partial charge in [0.1, 0.15) is 0 Å². The maximum atomic E-state index is 13.3. The summed E-state index contributed by atoms with van der Waals surface area (Å²) in [5, 5.41) is 0.203. The molecule has 0 bridgehead atoms. The molecule has 1 aromatic heterocycles. The van der Waals surface area contributed by atoms with E-state index >= 15 is 0 Å². The van der Waals surface area contributed by atoms with Crippen molar-refractivity contribution in [2.75, 3.05) is 0 Å². The molecule has 0 radical (unpaired) electrons. The third-order valence-corrected chi connectivity index (χ3v) is 3.05. The van der Waals surface area contributed by atoms with Crippen molar-refractivity contribution >= 4 is 10.9 Å². The van der Waals surface area contributed by atoms with Crippen LogP contribution < -0.4 is 0 Å². The van der Waals surface area contributed by atoms with Gasteiger partial charge in [-0.15, -0.1) is 0 Å². The van der Waals surface area contributed by atoms with Crippen LogP contribution in [0.15, 0.2) is 54.6 Å². The minimum Gasteiger partial charge on any atom is -0.354 e. The standard InChI is InChI=1S/C15H10F3N/c16-15(17,18)13-11-8-4-5-9-12(11)19-14(13)10-6-2-1-3-7-10/h1-9,19H. The number of hydrogen-bond acceptors (Lipinski definition) is 0. The number of aromatic amines is 1. The summed E-state index contributed by atoms with van der Waals surface area (Å²) in [6.45, 7) is 0. The van der Waals surface area contributed by atoms with Gasteiger partial charge in [-0.1, -0.05) is 48.5 Å². The van der Waals surface area contributed by atoms with Gasteiger partial charge in [-0.25, -0.2) is 0 Å². The Balaban J connectivity index is 2.36. The molecule has 0 unspecified atom stereocenters. The van der Waals surface area contributed by atoms with Crippen molar-refractivity contribution in [3.05, 3.63) is 60.2 Å². The third kappa shape index (κ3) is 1.99. The molecule has 1 N–H and O–H groups in total. The Morgan fingerprint density at radius 3 is 2.11 bits per heavy atom. The fraction of sp³-hybridized carbons (Fsp3) is 0.0667. The molecule has 0 atom stereocenters. The normalized spacial score (nSPS) is 11.9. The van der Waals surface area contributed by atoms with E-state index in [2.05, 4.69) is 4.98 Å². The van der Waals surface area contributed by atoms with Crippen LogP contribution in [0.1, 0.15) is 5.56 Å². The highest BCUT2D eigenvalue weighted by Gasteiger charge is 2.37. The molecule has 0 aliphatic rings. The zero-order valence-corrected chi connectivity index (χ0v) is 9.83. The third-order valence-electron chi connectivity index (χ3n) is 3.05. The lowest BCUT2D eigenvalue weighted by Gasteiger charge is -2.08. The van der Waals surface area contributed by atoms with Gasteiger partial charge in [-0.2, -0.15) is 13.2 Å². The van der Waals surface area contributed by atoms with Crippen LogP contribution in [0, 0.1) is 0 Å². The first kappa shape index (κ1) is 11.8. The molecule has 0 aliphatic carbocycles. The van der Waals surface area contributed by atoms with Crippen LogP contribution in [0.2, 0.25) is 0 Å². The lowest BCUT2D eigenvalue weighted by Crippen LogP contribution is -2.05. The van der Waals surface area contributed by atoms with E-state index in [0.29, 0.717) is 11.1 Å². The second-order valence-corrected chi connectivity index (χ2v) is 4.28. The maximum Gasteiger partial charge on any atom is 0.419 e. The lowest BCUT2D eigenvalue weighted by molar-refractivity contribution is -0.135. The van der Waals surface area contributed by atoms with E-state index < -0.39 is 11.7 Å². The summed E-state index contributed by atoms with van der Waals surface area (Å²) < 4.78 is 39.8. The monoisotopic (exact) mass is 261 g/mol. The summed E-state index contributed by atoms with van der Waals surface area (Å²) in [5.74, 6) is 0. The summed E-state index contributed by atoms with van der Waals surface area (Å²) in [4.78, 5) is 2.87. The summed E-state index contributed by atoms with van der Waals surface area (Å²) in [6, 6.07) is 15.0. The zero-order valence-electron chi connectivity index (χ0n) is 9.83. The van der Waals surface area contributed by atoms with Crippen molar-refractivity contribution in [3.63, 3.8) is 0 Å². The Morgan fingerprint density at radius 1 is 0.789 bits per heavy atom. The molecule has 19 heavy (non-hydrogen) atoms. The largest absolute Gasteiger partial charge is 0.419 e. The highest BCUT2D eigenvalue weighted by molar-refractivity contribution is 5.91. The second kappa shape index (κ2) is 4.16. The molecule has 0 spiro atoms. The molecule has 2 aromatic carbocycles. The Kier molecular flexibility index (Phi) is 2.59. The van der Waals surface area contributed by atoms with Crippen molar-refractivity contribution in [2.24, 2.45) is 0 Å². The number of halogens is 3. The van der Waals surface area contributed by atoms with Crippen molar-refractivity contribution in [2.45, 2.75) is 6.18 Å². The summed E-state index contributed by atoms with van der Waals surface area (Å²) >= 11 is 0. The van der Waals surface area contributed by atoms with E-state index in [9.17, 15) is 13.2 Å². The smallest absolute Gasteiger partial charge is 0.354 e. The maximum absolute atomic E-state index is 13.3. The van der Waals surface area contributed by atoms with E-state index in [1.165, 1.54) is 6.07 Å². The van der Waals surface area contributed by atoms with Crippen LogP contribution in [-0.4, -0.2) is 4.98 Å². The minimum atomic E-state index is -4.38. The topological polar surface area (TPSA) is 15.8 Å². The van der Waals surface area contributed by atoms with Gasteiger partial charge in [-0.05, 0) is 11.6 Å². The fourth-order valence-electron chi connectivity index (χ4n) is 2.26. The predicted molar refractivity (Wildman–Crippen MR) is 68.7 cm³/mol. The molecule has 0 saturated carbocycles. The first-order valence-electron chi connectivity index (χ1n) is 5.80. The predicted octanol–water partition coefficient (Wildman–Crippen LogP) is 4.85. The molecule has 96 valence electrons. The number of para-hydroxylation sites is 1. The van der Waals surface area contributed by atoms with Crippen LogP contribution in [0.25, 0.3) is 22.2 Å². The number of benzene rings is 2. The Bertz CT molecular complexity index is 711. The molecule has 1 nitrogen and oxygen atoms in total. The molecule has 4 heteroatoms. The van der Waals surface area contributed by atoms with Crippen molar-refractivity contribution in [1.82, 2.24) is 4.98 Å². The van der Waals surface area contributed by atoms with Gasteiger partial charge < -0.3 is 4.98 Å². The van der Waals surface area contributed by atoms with Crippen LogP contribution in [-0.2, 0) is 6.18 Å². The first-order valence-corrected chi connectivity index (χ1v) is 5.80. The number of fused-ring (bicyclic) bond motifs is 1. The Hall–Kier alpha value is -2.23. The van der Waals surface area contributed by atoms with Crippen LogP contribution in [0.4, 0.5) is 13.2 Å². The number of aromatic nitrogens is 1. The van der Waals surface area contributed by atoms with Crippen LogP contribution in [0.3, 0.4) is 0 Å². The number of H-pyrrole nitrogens is 1. The molecule has 0 amide bonds. The average molecular weight is 261 g/mol. The van der Waals surface area contributed by atoms with Gasteiger partial charge in [0.25, 0.3) is 0 Å². The number of rotatable bonds is 1.